The van der Waals surface area contributed by atoms with Gasteiger partial charge in [0.25, 0.3) is 0 Å². The van der Waals surface area contributed by atoms with Crippen molar-refractivity contribution >= 4 is 11.8 Å². The van der Waals surface area contributed by atoms with Gasteiger partial charge in [-0.15, -0.1) is 0 Å². The number of aromatic amines is 1. The zero-order valence-corrected chi connectivity index (χ0v) is 16.4. The highest BCUT2D eigenvalue weighted by molar-refractivity contribution is 5.77. The Morgan fingerprint density at radius 2 is 1.86 bits per heavy atom. The molecule has 10 heteroatoms. The zero-order chi connectivity index (χ0) is 20.9. The summed E-state index contributed by atoms with van der Waals surface area (Å²) in [4.78, 5) is 25.9. The van der Waals surface area contributed by atoms with E-state index in [1.165, 1.54) is 0 Å². The second-order valence-electron chi connectivity index (χ2n) is 7.36. The quantitative estimate of drug-likeness (QED) is 0.619. The average molecular weight is 403 g/mol. The fraction of sp³-hybridized carbons (Fsp3) is 0.722. The number of likely N-dealkylation sites (tertiary alicyclic amines) is 1. The third kappa shape index (κ3) is 6.50. The van der Waals surface area contributed by atoms with E-state index >= 15 is 0 Å². The molecule has 2 atom stereocenters. The Bertz CT molecular complexity index is 670. The molecule has 1 fully saturated rings. The topological polar surface area (TPSA) is 90.1 Å². The van der Waals surface area contributed by atoms with Crippen LogP contribution >= 0.6 is 0 Å². The Balaban J connectivity index is 1.72. The number of alkyl halides is 3. The van der Waals surface area contributed by atoms with Gasteiger partial charge in [0.1, 0.15) is 0 Å². The second kappa shape index (κ2) is 9.40. The number of carbonyl (C=O) groups excluding carboxylic acids is 2. The molecule has 1 aliphatic heterocycles. The van der Waals surface area contributed by atoms with E-state index in [2.05, 4.69) is 20.8 Å². The molecule has 1 aromatic rings. The lowest BCUT2D eigenvalue weighted by Crippen LogP contribution is -2.42. The molecule has 3 N–H and O–H groups in total. The highest BCUT2D eigenvalue weighted by Crippen LogP contribution is 2.25. The Labute approximate surface area is 162 Å². The molecule has 2 heterocycles. The minimum atomic E-state index is -4.33. The predicted molar refractivity (Wildman–Crippen MR) is 97.4 cm³/mol. The maximum absolute atomic E-state index is 12.3. The Hall–Kier alpha value is -2.10. The molecule has 2 rings (SSSR count). The van der Waals surface area contributed by atoms with E-state index < -0.39 is 24.9 Å². The van der Waals surface area contributed by atoms with Gasteiger partial charge in [-0.25, -0.2) is 0 Å². The Morgan fingerprint density at radius 3 is 2.46 bits per heavy atom. The van der Waals surface area contributed by atoms with Gasteiger partial charge < -0.3 is 10.6 Å². The van der Waals surface area contributed by atoms with Crippen LogP contribution in [0.1, 0.15) is 49.1 Å². The number of halogens is 3. The largest absolute Gasteiger partial charge is 0.389 e. The number of rotatable bonds is 8. The summed E-state index contributed by atoms with van der Waals surface area (Å²) in [5.41, 5.74) is 2.77. The molecule has 0 aliphatic carbocycles. The number of hydrogen-bond donors (Lipinski definition) is 3. The van der Waals surface area contributed by atoms with Crippen molar-refractivity contribution in [3.63, 3.8) is 0 Å². The van der Waals surface area contributed by atoms with Crippen molar-refractivity contribution in [3.8, 4) is 0 Å². The third-order valence-corrected chi connectivity index (χ3v) is 5.32. The molecular formula is C18H28F3N5O2. The van der Waals surface area contributed by atoms with Crippen molar-refractivity contribution < 1.29 is 22.8 Å². The minimum Gasteiger partial charge on any atom is -0.355 e. The van der Waals surface area contributed by atoms with E-state index in [-0.39, 0.29) is 18.0 Å². The molecule has 2 amide bonds. The number of amides is 2. The van der Waals surface area contributed by atoms with Gasteiger partial charge in [-0.2, -0.15) is 18.3 Å². The van der Waals surface area contributed by atoms with Crippen molar-refractivity contribution in [2.24, 2.45) is 0 Å². The zero-order valence-electron chi connectivity index (χ0n) is 16.4. The molecular weight excluding hydrogens is 375 g/mol. The summed E-state index contributed by atoms with van der Waals surface area (Å²) in [7, 11) is 1.88. The molecule has 7 nitrogen and oxygen atoms in total. The van der Waals surface area contributed by atoms with E-state index in [0.717, 1.165) is 29.8 Å². The van der Waals surface area contributed by atoms with Gasteiger partial charge >= 0.3 is 6.18 Å². The van der Waals surface area contributed by atoms with E-state index in [1.807, 2.05) is 25.8 Å². The third-order valence-electron chi connectivity index (χ3n) is 5.32. The van der Waals surface area contributed by atoms with Crippen LogP contribution in [0, 0.1) is 13.8 Å². The van der Waals surface area contributed by atoms with Gasteiger partial charge in [-0.05, 0) is 33.7 Å². The van der Waals surface area contributed by atoms with Crippen molar-refractivity contribution in [1.82, 2.24) is 25.7 Å². The predicted octanol–water partition coefficient (Wildman–Crippen LogP) is 1.95. The molecule has 0 aromatic carbocycles. The molecule has 1 aliphatic rings. The summed E-state index contributed by atoms with van der Waals surface area (Å²) < 4.78 is 36.5. The Kier molecular flexibility index (Phi) is 7.45. The highest BCUT2D eigenvalue weighted by atomic mass is 19.4. The maximum Gasteiger partial charge on any atom is 0.389 e. The van der Waals surface area contributed by atoms with Gasteiger partial charge in [0.15, 0.2) is 0 Å². The van der Waals surface area contributed by atoms with E-state index in [1.54, 1.807) is 0 Å². The lowest BCUT2D eigenvalue weighted by molar-refractivity contribution is -0.144. The van der Waals surface area contributed by atoms with Gasteiger partial charge in [0, 0.05) is 49.3 Å². The van der Waals surface area contributed by atoms with Crippen LogP contribution in [-0.2, 0) is 16.1 Å². The summed E-state index contributed by atoms with van der Waals surface area (Å²) in [5.74, 6) is -0.663. The molecule has 0 spiro atoms. The minimum absolute atomic E-state index is 0.0194. The van der Waals surface area contributed by atoms with E-state index in [4.69, 9.17) is 0 Å². The number of carbonyl (C=O) groups is 2. The molecule has 28 heavy (non-hydrogen) atoms. The van der Waals surface area contributed by atoms with Crippen LogP contribution in [0.3, 0.4) is 0 Å². The number of nitrogens with one attached hydrogen (secondary N) is 3. The molecule has 1 aromatic heterocycles. The monoisotopic (exact) mass is 403 g/mol. The smallest absolute Gasteiger partial charge is 0.355 e. The number of likely N-dealkylation sites (N-methyl/N-ethyl adjacent to an activating group) is 1. The first-order chi connectivity index (χ1) is 13.1. The molecule has 158 valence electrons. The van der Waals surface area contributed by atoms with Crippen LogP contribution in [0.15, 0.2) is 0 Å². The van der Waals surface area contributed by atoms with Crippen molar-refractivity contribution in [3.05, 3.63) is 17.0 Å². The van der Waals surface area contributed by atoms with Crippen LogP contribution in [0.4, 0.5) is 13.2 Å². The average Bonchev–Trinajstić information content (AvgIpc) is 3.11. The number of aryl methyl sites for hydroxylation is 2. The van der Waals surface area contributed by atoms with Crippen LogP contribution in [-0.4, -0.2) is 58.8 Å². The van der Waals surface area contributed by atoms with E-state index in [9.17, 15) is 22.8 Å². The molecule has 0 unspecified atom stereocenters. The number of aromatic nitrogens is 2. The molecule has 1 saturated heterocycles. The van der Waals surface area contributed by atoms with Crippen molar-refractivity contribution in [1.29, 1.82) is 0 Å². The number of hydrogen-bond acceptors (Lipinski definition) is 4. The van der Waals surface area contributed by atoms with Crippen LogP contribution in [0.25, 0.3) is 0 Å². The molecule has 0 saturated carbocycles. The first-order valence-electron chi connectivity index (χ1n) is 9.39. The summed E-state index contributed by atoms with van der Waals surface area (Å²) in [6.45, 7) is 4.49. The lowest BCUT2D eigenvalue weighted by Gasteiger charge is -2.25. The maximum atomic E-state index is 12.3. The van der Waals surface area contributed by atoms with Gasteiger partial charge in [-0.3, -0.25) is 19.6 Å². The van der Waals surface area contributed by atoms with Crippen molar-refractivity contribution in [2.75, 3.05) is 13.6 Å². The lowest BCUT2D eigenvalue weighted by atomic mass is 10.1. The Morgan fingerprint density at radius 1 is 1.18 bits per heavy atom. The van der Waals surface area contributed by atoms with Crippen LogP contribution in [0.5, 0.6) is 0 Å². The van der Waals surface area contributed by atoms with E-state index in [0.29, 0.717) is 19.5 Å². The molecule has 0 bridgehead atoms. The number of H-pyrrole nitrogens is 1. The normalized spacial score (nSPS) is 20.4. The highest BCUT2D eigenvalue weighted by Gasteiger charge is 2.32. The first-order valence-corrected chi connectivity index (χ1v) is 9.39. The fourth-order valence-electron chi connectivity index (χ4n) is 3.47. The van der Waals surface area contributed by atoms with Gasteiger partial charge in [-0.1, -0.05) is 0 Å². The summed E-state index contributed by atoms with van der Waals surface area (Å²) >= 11 is 0. The van der Waals surface area contributed by atoms with Gasteiger partial charge in [0.2, 0.25) is 11.8 Å². The second-order valence-corrected chi connectivity index (χ2v) is 7.36. The SMILES string of the molecule is Cc1n[nH]c(C)c1CNC(=O)C[C@H]1CC[C@@H](CNC(=O)CCC(F)(F)F)N1C. The first kappa shape index (κ1) is 22.2. The standard InChI is InChI=1S/C18H28F3N5O2/c1-11-15(12(2)25-24-11)10-23-17(28)8-13-4-5-14(26(13)3)9-22-16(27)6-7-18(19,20)21/h13-14H,4-10H2,1-3H3,(H,22,27)(H,23,28)(H,24,25)/t13-,14+/m1/s1. The summed E-state index contributed by atoms with van der Waals surface area (Å²) in [6.07, 6.45) is -4.07. The summed E-state index contributed by atoms with van der Waals surface area (Å²) in [6, 6.07) is 0.0645. The summed E-state index contributed by atoms with van der Waals surface area (Å²) in [5, 5.41) is 12.5. The van der Waals surface area contributed by atoms with Crippen LogP contribution < -0.4 is 10.6 Å². The molecule has 0 radical (unpaired) electrons. The van der Waals surface area contributed by atoms with Crippen molar-refractivity contribution in [2.45, 2.75) is 70.8 Å². The fourth-order valence-corrected chi connectivity index (χ4v) is 3.47. The van der Waals surface area contributed by atoms with Crippen LogP contribution in [0.2, 0.25) is 0 Å². The number of nitrogens with zero attached hydrogens (tertiary/aromatic N) is 2. The van der Waals surface area contributed by atoms with Gasteiger partial charge in [0.05, 0.1) is 12.1 Å².